The highest BCUT2D eigenvalue weighted by Gasteiger charge is 2.54. The van der Waals surface area contributed by atoms with Gasteiger partial charge in [-0.2, -0.15) is 0 Å². The molecule has 0 radical (unpaired) electrons. The largest absolute Gasteiger partial charge is 0.454 e. The Kier molecular flexibility index (Phi) is 3.70. The Bertz CT molecular complexity index is 1250. The summed E-state index contributed by atoms with van der Waals surface area (Å²) >= 11 is 7.60. The van der Waals surface area contributed by atoms with E-state index in [9.17, 15) is 4.79 Å². The summed E-state index contributed by atoms with van der Waals surface area (Å²) in [6.07, 6.45) is 0. The number of nitrogens with zero attached hydrogens (tertiary/aromatic N) is 2. The standard InChI is InChI=1S/C22H16ClN3O3S/c23-19-6-5-12(30-19)9-26-16-4-2-1-3-14(16)22(21(26)27)10-25-20(24)13-7-17-18(8-15(13)22)29-11-28-17/h1-8H,9-11H2,(H2,24,25). The molecule has 0 fully saturated rings. The zero-order valence-corrected chi connectivity index (χ0v) is 17.3. The van der Waals surface area contributed by atoms with Gasteiger partial charge in [0.15, 0.2) is 11.5 Å². The quantitative estimate of drug-likeness (QED) is 0.663. The van der Waals surface area contributed by atoms with E-state index in [1.165, 1.54) is 11.3 Å². The summed E-state index contributed by atoms with van der Waals surface area (Å²) in [5.41, 5.74) is 8.62. The Morgan fingerprint density at radius 2 is 1.93 bits per heavy atom. The van der Waals surface area contributed by atoms with Gasteiger partial charge in [-0.05, 0) is 41.5 Å². The normalized spacial score (nSPS) is 21.0. The van der Waals surface area contributed by atoms with Crippen LogP contribution in [0.25, 0.3) is 0 Å². The zero-order chi connectivity index (χ0) is 20.5. The van der Waals surface area contributed by atoms with Crippen LogP contribution in [0.2, 0.25) is 4.34 Å². The van der Waals surface area contributed by atoms with Crippen LogP contribution in [0.15, 0.2) is 53.5 Å². The van der Waals surface area contributed by atoms with E-state index in [0.29, 0.717) is 28.2 Å². The average Bonchev–Trinajstić information content (AvgIpc) is 3.44. The SMILES string of the molecule is NC1=NCC2(C(=O)N(Cc3ccc(Cl)s3)c3ccccc32)c2cc3c(cc21)OCO3. The number of amidine groups is 1. The molecule has 3 aliphatic heterocycles. The maximum atomic E-state index is 14.0. The summed E-state index contributed by atoms with van der Waals surface area (Å²) < 4.78 is 11.8. The molecule has 3 aromatic rings. The minimum atomic E-state index is -0.948. The molecule has 6 nitrogen and oxygen atoms in total. The highest BCUT2D eigenvalue weighted by atomic mass is 35.5. The monoisotopic (exact) mass is 437 g/mol. The molecule has 6 rings (SSSR count). The molecule has 0 saturated heterocycles. The van der Waals surface area contributed by atoms with Gasteiger partial charge in [-0.15, -0.1) is 11.3 Å². The molecule has 0 bridgehead atoms. The lowest BCUT2D eigenvalue weighted by Gasteiger charge is -2.33. The molecule has 3 aliphatic rings. The van der Waals surface area contributed by atoms with Crippen molar-refractivity contribution in [3.8, 4) is 11.5 Å². The number of hydrogen-bond donors (Lipinski definition) is 1. The first-order chi connectivity index (χ1) is 14.6. The molecule has 2 aromatic carbocycles. The lowest BCUT2D eigenvalue weighted by Crippen LogP contribution is -2.47. The van der Waals surface area contributed by atoms with Crippen LogP contribution in [0.3, 0.4) is 0 Å². The fraction of sp³-hybridized carbons (Fsp3) is 0.182. The van der Waals surface area contributed by atoms with Gasteiger partial charge in [0.25, 0.3) is 0 Å². The van der Waals surface area contributed by atoms with E-state index in [4.69, 9.17) is 26.8 Å². The third kappa shape index (κ3) is 2.30. The summed E-state index contributed by atoms with van der Waals surface area (Å²) in [4.78, 5) is 21.4. The molecule has 150 valence electrons. The summed E-state index contributed by atoms with van der Waals surface area (Å²) in [5, 5.41) is 0. The summed E-state index contributed by atoms with van der Waals surface area (Å²) in [6.45, 7) is 0.856. The van der Waals surface area contributed by atoms with Gasteiger partial charge in [0.1, 0.15) is 11.3 Å². The second kappa shape index (κ2) is 6.23. The van der Waals surface area contributed by atoms with Gasteiger partial charge in [-0.25, -0.2) is 0 Å². The lowest BCUT2D eigenvalue weighted by molar-refractivity contribution is -0.121. The van der Waals surface area contributed by atoms with Crippen LogP contribution >= 0.6 is 22.9 Å². The smallest absolute Gasteiger partial charge is 0.244 e. The van der Waals surface area contributed by atoms with Crippen LogP contribution in [0.1, 0.15) is 21.6 Å². The minimum absolute atomic E-state index is 0.0235. The minimum Gasteiger partial charge on any atom is -0.454 e. The Morgan fingerprint density at radius 3 is 2.73 bits per heavy atom. The number of carbonyl (C=O) groups is 1. The van der Waals surface area contributed by atoms with Gasteiger partial charge in [0, 0.05) is 16.1 Å². The predicted octanol–water partition coefficient (Wildman–Crippen LogP) is 3.68. The molecule has 1 atom stereocenters. The van der Waals surface area contributed by atoms with Crippen molar-refractivity contribution in [3.63, 3.8) is 0 Å². The van der Waals surface area contributed by atoms with Crippen molar-refractivity contribution in [2.75, 3.05) is 18.2 Å². The topological polar surface area (TPSA) is 77.2 Å². The van der Waals surface area contributed by atoms with E-state index in [0.717, 1.165) is 27.3 Å². The van der Waals surface area contributed by atoms with Gasteiger partial charge in [-0.3, -0.25) is 9.79 Å². The maximum Gasteiger partial charge on any atom is 0.244 e. The number of aliphatic imine (C=N–C) groups is 1. The van der Waals surface area contributed by atoms with Gasteiger partial charge < -0.3 is 20.1 Å². The Morgan fingerprint density at radius 1 is 1.13 bits per heavy atom. The number of nitrogens with two attached hydrogens (primary N) is 1. The number of benzene rings is 2. The first kappa shape index (κ1) is 17.8. The molecule has 1 unspecified atom stereocenters. The Labute approximate surface area is 181 Å². The van der Waals surface area contributed by atoms with Crippen LogP contribution < -0.4 is 20.1 Å². The van der Waals surface area contributed by atoms with Crippen LogP contribution in [0.5, 0.6) is 11.5 Å². The number of carbonyl (C=O) groups excluding carboxylic acids is 1. The van der Waals surface area contributed by atoms with Crippen molar-refractivity contribution in [1.82, 2.24) is 0 Å². The van der Waals surface area contributed by atoms with Crippen molar-refractivity contribution in [1.29, 1.82) is 0 Å². The maximum absolute atomic E-state index is 14.0. The fourth-order valence-corrected chi connectivity index (χ4v) is 5.65. The van der Waals surface area contributed by atoms with Crippen molar-refractivity contribution < 1.29 is 14.3 Å². The first-order valence-corrected chi connectivity index (χ1v) is 10.7. The zero-order valence-electron chi connectivity index (χ0n) is 15.7. The van der Waals surface area contributed by atoms with E-state index < -0.39 is 5.41 Å². The van der Waals surface area contributed by atoms with E-state index in [2.05, 4.69) is 4.99 Å². The molecule has 0 aliphatic carbocycles. The Balaban J connectivity index is 1.56. The van der Waals surface area contributed by atoms with Crippen LogP contribution in [-0.4, -0.2) is 25.1 Å². The van der Waals surface area contributed by atoms with Gasteiger partial charge in [-0.1, -0.05) is 29.8 Å². The molecule has 2 N–H and O–H groups in total. The summed E-state index contributed by atoms with van der Waals surface area (Å²) in [7, 11) is 0. The summed E-state index contributed by atoms with van der Waals surface area (Å²) in [5.74, 6) is 1.62. The first-order valence-electron chi connectivity index (χ1n) is 9.48. The second-order valence-electron chi connectivity index (χ2n) is 7.47. The molecule has 1 amide bonds. The molecule has 1 spiro atoms. The van der Waals surface area contributed by atoms with Gasteiger partial charge in [0.05, 0.1) is 17.4 Å². The molecular formula is C22H16ClN3O3S. The average molecular weight is 438 g/mol. The molecule has 0 saturated carbocycles. The van der Waals surface area contributed by atoms with E-state index in [1.54, 1.807) is 0 Å². The molecule has 30 heavy (non-hydrogen) atoms. The highest BCUT2D eigenvalue weighted by molar-refractivity contribution is 7.16. The number of anilines is 1. The second-order valence-corrected chi connectivity index (χ2v) is 9.27. The molecule has 4 heterocycles. The third-order valence-electron chi connectivity index (χ3n) is 5.94. The van der Waals surface area contributed by atoms with Crippen molar-refractivity contribution in [2.24, 2.45) is 10.7 Å². The van der Waals surface area contributed by atoms with E-state index >= 15 is 0 Å². The predicted molar refractivity (Wildman–Crippen MR) is 116 cm³/mol. The van der Waals surface area contributed by atoms with Crippen molar-refractivity contribution in [2.45, 2.75) is 12.0 Å². The summed E-state index contributed by atoms with van der Waals surface area (Å²) in [6, 6.07) is 15.4. The van der Waals surface area contributed by atoms with Crippen LogP contribution in [-0.2, 0) is 16.8 Å². The number of hydrogen-bond acceptors (Lipinski definition) is 6. The third-order valence-corrected chi connectivity index (χ3v) is 7.16. The number of fused-ring (bicyclic) bond motifs is 5. The van der Waals surface area contributed by atoms with Crippen molar-refractivity contribution >= 4 is 40.4 Å². The van der Waals surface area contributed by atoms with Gasteiger partial charge in [0.2, 0.25) is 12.7 Å². The van der Waals surface area contributed by atoms with E-state index in [1.807, 2.05) is 53.4 Å². The van der Waals surface area contributed by atoms with Gasteiger partial charge >= 0.3 is 0 Å². The molecule has 8 heteroatoms. The van der Waals surface area contributed by atoms with Crippen molar-refractivity contribution in [3.05, 3.63) is 74.4 Å². The number of amides is 1. The fourth-order valence-electron chi connectivity index (χ4n) is 4.57. The highest BCUT2D eigenvalue weighted by Crippen LogP contribution is 2.51. The lowest BCUT2D eigenvalue weighted by atomic mass is 9.71. The number of rotatable bonds is 2. The number of ether oxygens (including phenoxy) is 2. The number of halogens is 1. The molecule has 1 aromatic heterocycles. The number of para-hydroxylation sites is 1. The number of thiophene rings is 1. The Hall–Kier alpha value is -3.03. The van der Waals surface area contributed by atoms with Crippen LogP contribution in [0.4, 0.5) is 5.69 Å². The molecular weight excluding hydrogens is 422 g/mol. The van der Waals surface area contributed by atoms with Crippen LogP contribution in [0, 0.1) is 0 Å². The van der Waals surface area contributed by atoms with E-state index in [-0.39, 0.29) is 19.2 Å².